The van der Waals surface area contributed by atoms with E-state index in [2.05, 4.69) is 5.32 Å². The Bertz CT molecular complexity index is 1900. The van der Waals surface area contributed by atoms with E-state index in [0.717, 1.165) is 54.0 Å². The summed E-state index contributed by atoms with van der Waals surface area (Å²) in [5.74, 6) is -3.23. The number of aryl methyl sites for hydroxylation is 2. The number of hydrogen-bond acceptors (Lipinski definition) is 5. The summed E-state index contributed by atoms with van der Waals surface area (Å²) in [6.07, 6.45) is 1.06. The third kappa shape index (κ3) is 9.00. The molecule has 1 saturated heterocycles. The van der Waals surface area contributed by atoms with Crippen LogP contribution in [0, 0.1) is 18.6 Å². The monoisotopic (exact) mass is 743 g/mol. The number of methoxy groups -OCH3 is 1. The van der Waals surface area contributed by atoms with Gasteiger partial charge in [-0.25, -0.2) is 8.78 Å². The first-order chi connectivity index (χ1) is 25.2. The van der Waals surface area contributed by atoms with Crippen LogP contribution in [0.2, 0.25) is 0 Å². The van der Waals surface area contributed by atoms with Gasteiger partial charge in [0, 0.05) is 44.6 Å². The van der Waals surface area contributed by atoms with E-state index in [4.69, 9.17) is 4.74 Å². The van der Waals surface area contributed by atoms with Gasteiger partial charge in [0.05, 0.1) is 24.1 Å². The number of aliphatic carboxylic acids is 1. The molecule has 1 aromatic heterocycles. The molecule has 3 heterocycles. The molecule has 3 aliphatic rings. The molecule has 2 atom stereocenters. The SMILES string of the molecule is COC1CN(CCc2cn([C@H]3CCCCCCCc4cc(F)cc(C)c4-c4cc(C5CC5)c(F)c(c4)[C@H](CC(=O)O)NC3=O)c(=O)cc2C(F)(F)F)C1. The molecule has 1 amide bonds. The van der Waals surface area contributed by atoms with E-state index >= 15 is 4.39 Å². The van der Waals surface area contributed by atoms with Crippen LogP contribution in [-0.2, 0) is 33.3 Å². The normalized spacial score (nSPS) is 20.8. The number of carbonyl (C=O) groups excluding carboxylic acids is 1. The molecule has 8 nitrogen and oxygen atoms in total. The Hall–Kier alpha value is -4.10. The quantitative estimate of drug-likeness (QED) is 0.230. The van der Waals surface area contributed by atoms with Crippen LogP contribution >= 0.6 is 0 Å². The molecule has 13 heteroatoms. The van der Waals surface area contributed by atoms with Crippen LogP contribution in [0.25, 0.3) is 11.1 Å². The van der Waals surface area contributed by atoms with Gasteiger partial charge < -0.3 is 19.7 Å². The highest BCUT2D eigenvalue weighted by molar-refractivity contribution is 5.82. The Morgan fingerprint density at radius 3 is 2.34 bits per heavy atom. The third-order valence-corrected chi connectivity index (χ3v) is 10.9. The maximum Gasteiger partial charge on any atom is 0.416 e. The summed E-state index contributed by atoms with van der Waals surface area (Å²) in [7, 11) is 1.57. The minimum Gasteiger partial charge on any atom is -0.481 e. The van der Waals surface area contributed by atoms with Crippen molar-refractivity contribution in [3.63, 3.8) is 0 Å². The molecule has 2 aliphatic heterocycles. The van der Waals surface area contributed by atoms with Gasteiger partial charge in [0.1, 0.15) is 17.7 Å². The van der Waals surface area contributed by atoms with Gasteiger partial charge in [-0.15, -0.1) is 0 Å². The van der Waals surface area contributed by atoms with E-state index in [9.17, 15) is 37.1 Å². The number of aromatic nitrogens is 1. The molecule has 1 saturated carbocycles. The number of nitrogens with one attached hydrogen (secondary N) is 1. The largest absolute Gasteiger partial charge is 0.481 e. The minimum absolute atomic E-state index is 0.000438. The van der Waals surface area contributed by atoms with E-state index in [1.165, 1.54) is 18.2 Å². The first-order valence-electron chi connectivity index (χ1n) is 18.5. The van der Waals surface area contributed by atoms with Crippen LogP contribution in [0.4, 0.5) is 22.0 Å². The number of alkyl halides is 3. The van der Waals surface area contributed by atoms with Gasteiger partial charge in [-0.3, -0.25) is 19.3 Å². The van der Waals surface area contributed by atoms with E-state index < -0.39 is 53.5 Å². The van der Waals surface area contributed by atoms with Crippen molar-refractivity contribution in [3.05, 3.63) is 91.9 Å². The van der Waals surface area contributed by atoms with Crippen molar-refractivity contribution < 1.29 is 41.4 Å². The smallest absolute Gasteiger partial charge is 0.416 e. The Balaban J connectivity index is 1.42. The molecule has 2 aromatic carbocycles. The summed E-state index contributed by atoms with van der Waals surface area (Å²) in [6, 6.07) is 4.03. The minimum atomic E-state index is -4.81. The zero-order valence-electron chi connectivity index (χ0n) is 30.0. The number of halogens is 5. The maximum atomic E-state index is 16.5. The van der Waals surface area contributed by atoms with Crippen LogP contribution in [0.5, 0.6) is 0 Å². The lowest BCUT2D eigenvalue weighted by molar-refractivity contribution is -0.139. The van der Waals surface area contributed by atoms with Crippen molar-refractivity contribution in [1.29, 1.82) is 0 Å². The third-order valence-electron chi connectivity index (χ3n) is 10.9. The molecular weight excluding hydrogens is 697 g/mol. The van der Waals surface area contributed by atoms with Crippen LogP contribution in [0.15, 0.2) is 41.3 Å². The highest BCUT2D eigenvalue weighted by Gasteiger charge is 2.37. The average Bonchev–Trinajstić information content (AvgIpc) is 3.90. The summed E-state index contributed by atoms with van der Waals surface area (Å²) in [5, 5.41) is 12.7. The van der Waals surface area contributed by atoms with Crippen molar-refractivity contribution in [2.24, 2.45) is 0 Å². The van der Waals surface area contributed by atoms with Gasteiger partial charge in [0.2, 0.25) is 5.91 Å². The second-order valence-corrected chi connectivity index (χ2v) is 14.8. The Kier molecular flexibility index (Phi) is 11.7. The summed E-state index contributed by atoms with van der Waals surface area (Å²) in [5.41, 5.74) is 0.841. The number of carbonyl (C=O) groups is 2. The topological polar surface area (TPSA) is 101 Å². The number of carboxylic acid groups (broad SMARTS) is 1. The predicted octanol–water partition coefficient (Wildman–Crippen LogP) is 7.64. The molecule has 0 unspecified atom stereocenters. The van der Waals surface area contributed by atoms with Crippen LogP contribution in [-0.4, -0.2) is 59.3 Å². The Labute approximate surface area is 305 Å². The molecule has 1 aliphatic carbocycles. The molecule has 286 valence electrons. The van der Waals surface area contributed by atoms with Crippen molar-refractivity contribution in [1.82, 2.24) is 14.8 Å². The fourth-order valence-electron chi connectivity index (χ4n) is 7.87. The van der Waals surface area contributed by atoms with Crippen LogP contribution in [0.3, 0.4) is 0 Å². The Morgan fingerprint density at radius 2 is 1.66 bits per heavy atom. The number of carboxylic acids is 1. The maximum absolute atomic E-state index is 16.5. The van der Waals surface area contributed by atoms with Crippen molar-refractivity contribution in [3.8, 4) is 11.1 Å². The Morgan fingerprint density at radius 1 is 0.962 bits per heavy atom. The number of hydrogen-bond donors (Lipinski definition) is 2. The van der Waals surface area contributed by atoms with Gasteiger partial charge in [0.15, 0.2) is 0 Å². The number of fused-ring (bicyclic) bond motifs is 4. The molecule has 2 bridgehead atoms. The number of nitrogens with zero attached hydrogens (tertiary/aromatic N) is 2. The second kappa shape index (κ2) is 16.1. The molecule has 53 heavy (non-hydrogen) atoms. The van der Waals surface area contributed by atoms with E-state index in [-0.39, 0.29) is 48.4 Å². The van der Waals surface area contributed by atoms with E-state index in [1.54, 1.807) is 20.1 Å². The summed E-state index contributed by atoms with van der Waals surface area (Å²) in [6.45, 7) is 3.19. The molecule has 0 radical (unpaired) electrons. The molecule has 2 N–H and O–H groups in total. The van der Waals surface area contributed by atoms with Gasteiger partial charge in [0.25, 0.3) is 5.56 Å². The number of amides is 1. The molecule has 0 spiro atoms. The number of pyridine rings is 1. The second-order valence-electron chi connectivity index (χ2n) is 14.8. The van der Waals surface area contributed by atoms with Gasteiger partial charge >= 0.3 is 12.1 Å². The highest BCUT2D eigenvalue weighted by atomic mass is 19.4. The summed E-state index contributed by atoms with van der Waals surface area (Å²) < 4.78 is 80.2. The van der Waals surface area contributed by atoms with E-state index in [1.807, 2.05) is 4.90 Å². The molecule has 6 rings (SSSR count). The highest BCUT2D eigenvalue weighted by Crippen LogP contribution is 2.45. The lowest BCUT2D eigenvalue weighted by atomic mass is 9.87. The molecular formula is C40H46F5N3O5. The van der Waals surface area contributed by atoms with Gasteiger partial charge in [-0.1, -0.05) is 25.7 Å². The first-order valence-corrected chi connectivity index (χ1v) is 18.5. The summed E-state index contributed by atoms with van der Waals surface area (Å²) >= 11 is 0. The van der Waals surface area contributed by atoms with Crippen molar-refractivity contribution in [2.75, 3.05) is 26.7 Å². The first kappa shape index (κ1) is 38.6. The zero-order valence-corrected chi connectivity index (χ0v) is 30.0. The van der Waals surface area contributed by atoms with Crippen molar-refractivity contribution in [2.45, 2.75) is 108 Å². The number of ether oxygens (including phenoxy) is 1. The van der Waals surface area contributed by atoms with Gasteiger partial charge in [-0.05, 0) is 109 Å². The lowest BCUT2D eigenvalue weighted by Crippen LogP contribution is -2.52. The zero-order chi connectivity index (χ0) is 38.0. The van der Waals surface area contributed by atoms with Gasteiger partial charge in [-0.2, -0.15) is 13.2 Å². The lowest BCUT2D eigenvalue weighted by Gasteiger charge is -2.38. The molecule has 3 aromatic rings. The van der Waals surface area contributed by atoms with E-state index in [0.29, 0.717) is 55.1 Å². The average molecular weight is 744 g/mol. The van der Waals surface area contributed by atoms with Crippen LogP contribution in [0.1, 0.15) is 109 Å². The number of benzene rings is 2. The summed E-state index contributed by atoms with van der Waals surface area (Å²) in [4.78, 5) is 41.9. The fourth-order valence-corrected chi connectivity index (χ4v) is 7.87. The standard InChI is InChI=1S/C40H46F5N3O5/c1-23-14-28(41)15-25-8-6-4-3-5-7-9-34(48-20-26(12-13-47-21-29(22-47)53-2)32(18-35(48)49)40(43,44)45)39(52)46-33(19-36(50)51)31-17-27(37(23)25)16-30(38(31)42)24-10-11-24/h14-18,20,24,29,33-34H,3-13,19,21-22H2,1-2H3,(H,46,52)(H,50,51)/t33-,34-/m0/s1. The predicted molar refractivity (Wildman–Crippen MR) is 189 cm³/mol. The van der Waals surface area contributed by atoms with Crippen LogP contribution < -0.4 is 10.9 Å². The fraction of sp³-hybridized carbons (Fsp3) is 0.525. The van der Waals surface area contributed by atoms with Crippen molar-refractivity contribution >= 4 is 11.9 Å². The number of rotatable bonds is 8. The molecule has 2 fully saturated rings. The number of likely N-dealkylation sites (tertiary alicyclic amines) is 1.